The number of aliphatic hydroxyl groups excluding tert-OH is 1. The van der Waals surface area contributed by atoms with Crippen LogP contribution in [0.3, 0.4) is 0 Å². The molecule has 0 aliphatic rings. The van der Waals surface area contributed by atoms with Crippen molar-refractivity contribution in [2.45, 2.75) is 12.7 Å². The molecule has 18 heavy (non-hydrogen) atoms. The van der Waals surface area contributed by atoms with Gasteiger partial charge in [0, 0.05) is 13.1 Å². The van der Waals surface area contributed by atoms with E-state index < -0.39 is 6.10 Å². The minimum Gasteiger partial charge on any atom is -0.388 e. The second kappa shape index (κ2) is 8.64. The quantitative estimate of drug-likeness (QED) is 0.655. The van der Waals surface area contributed by atoms with Crippen molar-refractivity contribution in [3.63, 3.8) is 0 Å². The summed E-state index contributed by atoms with van der Waals surface area (Å²) in [6, 6.07) is 10.0. The van der Waals surface area contributed by atoms with Crippen molar-refractivity contribution in [1.29, 1.82) is 0 Å². The van der Waals surface area contributed by atoms with Crippen LogP contribution in [0.1, 0.15) is 5.56 Å². The minimum absolute atomic E-state index is 0.487. The second-order valence-corrected chi connectivity index (χ2v) is 4.16. The number of nitrogens with one attached hydrogen (secondary N) is 1. The average Bonchev–Trinajstić information content (AvgIpc) is 2.39. The van der Waals surface area contributed by atoms with E-state index in [9.17, 15) is 5.11 Å². The first-order valence-electron chi connectivity index (χ1n) is 6.02. The van der Waals surface area contributed by atoms with Gasteiger partial charge < -0.3 is 15.2 Å². The zero-order valence-electron chi connectivity index (χ0n) is 10.6. The van der Waals surface area contributed by atoms with Crippen LogP contribution in [0.5, 0.6) is 0 Å². The molecule has 0 saturated heterocycles. The van der Waals surface area contributed by atoms with Gasteiger partial charge in [0.2, 0.25) is 0 Å². The smallest absolute Gasteiger partial charge is 0.0842 e. The van der Waals surface area contributed by atoms with Gasteiger partial charge in [-0.2, -0.15) is 0 Å². The molecule has 0 saturated carbocycles. The van der Waals surface area contributed by atoms with Crippen LogP contribution >= 0.6 is 0 Å². The summed E-state index contributed by atoms with van der Waals surface area (Å²) in [4.78, 5) is 0. The van der Waals surface area contributed by atoms with Crippen LogP contribution in [-0.2, 0) is 11.3 Å². The summed E-state index contributed by atoms with van der Waals surface area (Å²) < 4.78 is 5.54. The molecule has 1 aromatic carbocycles. The van der Waals surface area contributed by atoms with Gasteiger partial charge in [-0.15, -0.1) is 6.58 Å². The number of aliphatic hydroxyl groups is 1. The molecule has 0 spiro atoms. The predicted octanol–water partition coefficient (Wildman–Crippen LogP) is 1.90. The molecular formula is C15H21NO2. The summed E-state index contributed by atoms with van der Waals surface area (Å²) >= 11 is 0. The van der Waals surface area contributed by atoms with E-state index in [0.29, 0.717) is 26.3 Å². The Morgan fingerprint density at radius 3 is 2.78 bits per heavy atom. The molecule has 1 atom stereocenters. The van der Waals surface area contributed by atoms with Crippen LogP contribution in [0.4, 0.5) is 0 Å². The Bertz CT molecular complexity index is 362. The van der Waals surface area contributed by atoms with Gasteiger partial charge in [0.1, 0.15) is 0 Å². The van der Waals surface area contributed by atoms with Crippen molar-refractivity contribution in [2.75, 3.05) is 19.7 Å². The van der Waals surface area contributed by atoms with Crippen molar-refractivity contribution < 1.29 is 9.84 Å². The highest BCUT2D eigenvalue weighted by Crippen LogP contribution is 2.01. The minimum atomic E-state index is -0.511. The highest BCUT2D eigenvalue weighted by molar-refractivity contribution is 5.13. The molecule has 1 rings (SSSR count). The number of hydrogen-bond acceptors (Lipinski definition) is 3. The van der Waals surface area contributed by atoms with Gasteiger partial charge >= 0.3 is 0 Å². The van der Waals surface area contributed by atoms with Gasteiger partial charge in [0.15, 0.2) is 0 Å². The maximum absolute atomic E-state index is 9.25. The van der Waals surface area contributed by atoms with Gasteiger partial charge in [0.05, 0.1) is 19.3 Å². The van der Waals surface area contributed by atoms with Crippen molar-refractivity contribution in [3.05, 3.63) is 60.7 Å². The summed E-state index contributed by atoms with van der Waals surface area (Å²) in [7, 11) is 0. The zero-order chi connectivity index (χ0) is 13.2. The molecule has 2 N–H and O–H groups in total. The molecular weight excluding hydrogens is 226 g/mol. The van der Waals surface area contributed by atoms with Crippen molar-refractivity contribution in [3.8, 4) is 0 Å². The third-order valence-corrected chi connectivity index (χ3v) is 2.42. The zero-order valence-corrected chi connectivity index (χ0v) is 10.6. The number of benzene rings is 1. The van der Waals surface area contributed by atoms with E-state index in [-0.39, 0.29) is 0 Å². The average molecular weight is 247 g/mol. The third-order valence-electron chi connectivity index (χ3n) is 2.42. The first-order valence-corrected chi connectivity index (χ1v) is 6.02. The molecule has 0 radical (unpaired) electrons. The van der Waals surface area contributed by atoms with Gasteiger partial charge in [-0.05, 0) is 11.1 Å². The van der Waals surface area contributed by atoms with Crippen molar-refractivity contribution in [1.82, 2.24) is 5.32 Å². The fourth-order valence-electron chi connectivity index (χ4n) is 1.42. The van der Waals surface area contributed by atoms with Gasteiger partial charge in [0.25, 0.3) is 0 Å². The highest BCUT2D eigenvalue weighted by Gasteiger charge is 1.99. The summed E-state index contributed by atoms with van der Waals surface area (Å²) in [5.41, 5.74) is 2.11. The van der Waals surface area contributed by atoms with Crippen molar-refractivity contribution >= 4 is 0 Å². The summed E-state index contributed by atoms with van der Waals surface area (Å²) in [6.45, 7) is 9.66. The maximum atomic E-state index is 9.25. The summed E-state index contributed by atoms with van der Waals surface area (Å²) in [5, 5.41) is 12.3. The lowest BCUT2D eigenvalue weighted by atomic mass is 10.2. The first-order chi connectivity index (χ1) is 8.72. The van der Waals surface area contributed by atoms with Crippen LogP contribution < -0.4 is 5.32 Å². The van der Waals surface area contributed by atoms with Gasteiger partial charge in [-0.3, -0.25) is 0 Å². The Balaban J connectivity index is 2.08. The third kappa shape index (κ3) is 6.35. The van der Waals surface area contributed by atoms with E-state index in [2.05, 4.69) is 18.5 Å². The van der Waals surface area contributed by atoms with Crippen LogP contribution in [-0.4, -0.2) is 30.9 Å². The molecule has 0 aromatic heterocycles. The van der Waals surface area contributed by atoms with E-state index in [1.165, 1.54) is 6.08 Å². The van der Waals surface area contributed by atoms with E-state index in [4.69, 9.17) is 4.74 Å². The van der Waals surface area contributed by atoms with Gasteiger partial charge in [-0.1, -0.05) is 43.0 Å². The molecule has 98 valence electrons. The lowest BCUT2D eigenvalue weighted by Crippen LogP contribution is -2.27. The number of ether oxygens (including phenoxy) is 1. The molecule has 0 bridgehead atoms. The molecule has 0 unspecified atom stereocenters. The van der Waals surface area contributed by atoms with E-state index in [1.807, 2.05) is 30.3 Å². The Kier molecular flexibility index (Phi) is 7.03. The standard InChI is InChI=1S/C15H21NO2/c1-3-15(17)10-16-9-13(2)11-18-12-14-7-5-4-6-8-14/h3-8,15-17H,1-2,9-12H2/t15-/m0/s1. The molecule has 0 amide bonds. The molecule has 0 aliphatic heterocycles. The summed E-state index contributed by atoms with van der Waals surface area (Å²) in [6.07, 6.45) is 0.991. The Labute approximate surface area is 109 Å². The van der Waals surface area contributed by atoms with E-state index in [1.54, 1.807) is 0 Å². The monoisotopic (exact) mass is 247 g/mol. The number of hydrogen-bond donors (Lipinski definition) is 2. The lowest BCUT2D eigenvalue weighted by Gasteiger charge is -2.10. The van der Waals surface area contributed by atoms with E-state index in [0.717, 1.165) is 11.1 Å². The van der Waals surface area contributed by atoms with Crippen LogP contribution in [0.2, 0.25) is 0 Å². The lowest BCUT2D eigenvalue weighted by molar-refractivity contribution is 0.141. The molecule has 0 heterocycles. The molecule has 3 heteroatoms. The fraction of sp³-hybridized carbons (Fsp3) is 0.333. The summed E-state index contributed by atoms with van der Waals surface area (Å²) in [5.74, 6) is 0. The maximum Gasteiger partial charge on any atom is 0.0842 e. The fourth-order valence-corrected chi connectivity index (χ4v) is 1.42. The Morgan fingerprint density at radius 1 is 1.39 bits per heavy atom. The van der Waals surface area contributed by atoms with Crippen LogP contribution in [0, 0.1) is 0 Å². The SMILES string of the molecule is C=C[C@H](O)CNCC(=C)COCc1ccccc1. The highest BCUT2D eigenvalue weighted by atomic mass is 16.5. The van der Waals surface area contributed by atoms with E-state index >= 15 is 0 Å². The molecule has 0 fully saturated rings. The van der Waals surface area contributed by atoms with Crippen LogP contribution in [0.25, 0.3) is 0 Å². The molecule has 3 nitrogen and oxygen atoms in total. The Morgan fingerprint density at radius 2 is 2.11 bits per heavy atom. The topological polar surface area (TPSA) is 41.5 Å². The van der Waals surface area contributed by atoms with Crippen LogP contribution in [0.15, 0.2) is 55.1 Å². The van der Waals surface area contributed by atoms with Gasteiger partial charge in [-0.25, -0.2) is 0 Å². The van der Waals surface area contributed by atoms with Crippen molar-refractivity contribution in [2.24, 2.45) is 0 Å². The second-order valence-electron chi connectivity index (χ2n) is 4.16. The Hall–Kier alpha value is -1.42. The number of rotatable bonds is 9. The largest absolute Gasteiger partial charge is 0.388 e. The normalized spacial score (nSPS) is 12.1. The predicted molar refractivity (Wildman–Crippen MR) is 74.3 cm³/mol. The molecule has 0 aliphatic carbocycles. The first kappa shape index (κ1) is 14.6. The molecule has 1 aromatic rings.